The van der Waals surface area contributed by atoms with Gasteiger partial charge in [0.25, 0.3) is 0 Å². The lowest BCUT2D eigenvalue weighted by Gasteiger charge is -2.27. The number of nitrogens with two attached hydrogens (primary N) is 1. The minimum atomic E-state index is -0.807. The summed E-state index contributed by atoms with van der Waals surface area (Å²) in [4.78, 5) is 24.0. The Bertz CT molecular complexity index is 817. The molecular weight excluding hydrogens is 340 g/mol. The molecule has 8 heteroatoms. The Kier molecular flexibility index (Phi) is 5.98. The number of hydrogen-bond donors (Lipinski definition) is 1. The van der Waals surface area contributed by atoms with E-state index in [9.17, 15) is 14.9 Å². The van der Waals surface area contributed by atoms with E-state index in [1.165, 1.54) is 33.5 Å². The van der Waals surface area contributed by atoms with E-state index < -0.39 is 17.9 Å². The summed E-state index contributed by atoms with van der Waals surface area (Å²) in [6.45, 7) is -0.0272. The first kappa shape index (κ1) is 19.0. The third-order valence-corrected chi connectivity index (χ3v) is 3.84. The number of allylic oxidation sites excluding steroid dienone is 1. The number of carbonyl (C=O) groups is 2. The van der Waals surface area contributed by atoms with Crippen LogP contribution >= 0.6 is 0 Å². The molecule has 1 aromatic rings. The molecule has 0 spiro atoms. The van der Waals surface area contributed by atoms with Gasteiger partial charge in [0.2, 0.25) is 5.88 Å². The first-order valence-electron chi connectivity index (χ1n) is 7.54. The highest BCUT2D eigenvalue weighted by atomic mass is 16.5. The van der Waals surface area contributed by atoms with Gasteiger partial charge in [0.05, 0.1) is 31.3 Å². The van der Waals surface area contributed by atoms with Gasteiger partial charge in [-0.05, 0) is 17.7 Å². The number of esters is 2. The van der Waals surface area contributed by atoms with Crippen LogP contribution < -0.4 is 5.73 Å². The Morgan fingerprint density at radius 3 is 2.27 bits per heavy atom. The van der Waals surface area contributed by atoms with Crippen LogP contribution in [-0.4, -0.2) is 39.9 Å². The molecule has 0 aromatic heterocycles. The molecule has 1 aromatic carbocycles. The van der Waals surface area contributed by atoms with Gasteiger partial charge in [0.1, 0.15) is 24.0 Å². The van der Waals surface area contributed by atoms with Crippen LogP contribution in [-0.2, 0) is 23.7 Å². The maximum absolute atomic E-state index is 12.4. The standard InChI is InChI=1S/C18H18N2O6/c1-23-9-13-15(18(22)25-3)14(12(8-19)16(20)26-13)10-4-6-11(7-5-10)17(21)24-2/h4-7,14H,9,20H2,1-3H3. The van der Waals surface area contributed by atoms with Crippen LogP contribution in [0, 0.1) is 11.3 Å². The fourth-order valence-electron chi connectivity index (χ4n) is 2.65. The van der Waals surface area contributed by atoms with E-state index in [1.54, 1.807) is 12.1 Å². The second kappa shape index (κ2) is 8.18. The van der Waals surface area contributed by atoms with E-state index in [2.05, 4.69) is 4.74 Å². The molecule has 1 unspecified atom stereocenters. The van der Waals surface area contributed by atoms with Crippen LogP contribution in [0.25, 0.3) is 0 Å². The Balaban J connectivity index is 2.61. The van der Waals surface area contributed by atoms with Gasteiger partial charge in [0.15, 0.2) is 0 Å². The normalized spacial score (nSPS) is 16.6. The fraction of sp³-hybridized carbons (Fsp3) is 0.278. The Morgan fingerprint density at radius 2 is 1.77 bits per heavy atom. The maximum Gasteiger partial charge on any atom is 0.338 e. The van der Waals surface area contributed by atoms with Crippen molar-refractivity contribution in [2.24, 2.45) is 5.73 Å². The van der Waals surface area contributed by atoms with Gasteiger partial charge >= 0.3 is 11.9 Å². The van der Waals surface area contributed by atoms with Crippen molar-refractivity contribution in [2.45, 2.75) is 5.92 Å². The third-order valence-electron chi connectivity index (χ3n) is 3.84. The molecule has 1 aliphatic heterocycles. The SMILES string of the molecule is COCC1=C(C(=O)OC)C(c2ccc(C(=O)OC)cc2)C(C#N)=C(N)O1. The molecule has 0 bridgehead atoms. The van der Waals surface area contributed by atoms with Crippen molar-refractivity contribution < 1.29 is 28.5 Å². The van der Waals surface area contributed by atoms with Crippen molar-refractivity contribution in [3.05, 3.63) is 58.2 Å². The molecule has 0 aliphatic carbocycles. The van der Waals surface area contributed by atoms with Crippen LogP contribution in [0.3, 0.4) is 0 Å². The Morgan fingerprint density at radius 1 is 1.15 bits per heavy atom. The molecule has 1 heterocycles. The molecule has 0 amide bonds. The molecule has 136 valence electrons. The van der Waals surface area contributed by atoms with Crippen LogP contribution in [0.15, 0.2) is 47.1 Å². The van der Waals surface area contributed by atoms with Crippen LogP contribution in [0.4, 0.5) is 0 Å². The van der Waals surface area contributed by atoms with Crippen molar-refractivity contribution in [3.63, 3.8) is 0 Å². The summed E-state index contributed by atoms with van der Waals surface area (Å²) in [6.07, 6.45) is 0. The van der Waals surface area contributed by atoms with E-state index in [0.29, 0.717) is 11.1 Å². The first-order valence-corrected chi connectivity index (χ1v) is 7.54. The molecule has 26 heavy (non-hydrogen) atoms. The van der Waals surface area contributed by atoms with Gasteiger partial charge in [-0.2, -0.15) is 5.26 Å². The number of ether oxygens (including phenoxy) is 4. The predicted molar refractivity (Wildman–Crippen MR) is 89.4 cm³/mol. The highest BCUT2D eigenvalue weighted by Crippen LogP contribution is 2.39. The average molecular weight is 358 g/mol. The number of benzene rings is 1. The number of methoxy groups -OCH3 is 3. The lowest BCUT2D eigenvalue weighted by atomic mass is 9.82. The van der Waals surface area contributed by atoms with Crippen molar-refractivity contribution in [3.8, 4) is 6.07 Å². The van der Waals surface area contributed by atoms with E-state index in [4.69, 9.17) is 19.9 Å². The van der Waals surface area contributed by atoms with E-state index in [1.807, 2.05) is 6.07 Å². The Labute approximate surface area is 150 Å². The van der Waals surface area contributed by atoms with Gasteiger partial charge < -0.3 is 24.7 Å². The van der Waals surface area contributed by atoms with E-state index >= 15 is 0 Å². The predicted octanol–water partition coefficient (Wildman–Crippen LogP) is 1.35. The topological polar surface area (TPSA) is 121 Å². The summed E-state index contributed by atoms with van der Waals surface area (Å²) in [5, 5.41) is 9.51. The fourth-order valence-corrected chi connectivity index (χ4v) is 2.65. The zero-order chi connectivity index (χ0) is 19.3. The molecular formula is C18H18N2O6. The second-order valence-electron chi connectivity index (χ2n) is 5.30. The largest absolute Gasteiger partial charge is 0.466 e. The summed E-state index contributed by atoms with van der Waals surface area (Å²) in [7, 11) is 3.94. The molecule has 1 aliphatic rings. The quantitative estimate of drug-likeness (QED) is 0.783. The summed E-state index contributed by atoms with van der Waals surface area (Å²) in [5.41, 5.74) is 6.94. The van der Waals surface area contributed by atoms with Crippen molar-refractivity contribution in [1.29, 1.82) is 5.26 Å². The van der Waals surface area contributed by atoms with E-state index in [-0.39, 0.29) is 29.4 Å². The van der Waals surface area contributed by atoms with E-state index in [0.717, 1.165) is 0 Å². The monoisotopic (exact) mass is 358 g/mol. The van der Waals surface area contributed by atoms with Gasteiger partial charge in [-0.3, -0.25) is 0 Å². The molecule has 0 radical (unpaired) electrons. The summed E-state index contributed by atoms with van der Waals surface area (Å²) >= 11 is 0. The zero-order valence-corrected chi connectivity index (χ0v) is 14.6. The summed E-state index contributed by atoms with van der Waals surface area (Å²) in [5.74, 6) is -1.92. The summed E-state index contributed by atoms with van der Waals surface area (Å²) in [6, 6.07) is 8.27. The number of nitriles is 1. The van der Waals surface area contributed by atoms with Crippen LogP contribution in [0.2, 0.25) is 0 Å². The molecule has 0 saturated heterocycles. The molecule has 1 atom stereocenters. The zero-order valence-electron chi connectivity index (χ0n) is 14.6. The Hall–Kier alpha value is -3.31. The first-order chi connectivity index (χ1) is 12.5. The van der Waals surface area contributed by atoms with Crippen LogP contribution in [0.5, 0.6) is 0 Å². The maximum atomic E-state index is 12.4. The lowest BCUT2D eigenvalue weighted by Crippen LogP contribution is -2.27. The highest BCUT2D eigenvalue weighted by Gasteiger charge is 2.37. The molecule has 2 N–H and O–H groups in total. The number of rotatable bonds is 5. The van der Waals surface area contributed by atoms with Gasteiger partial charge in [-0.25, -0.2) is 9.59 Å². The van der Waals surface area contributed by atoms with Crippen molar-refractivity contribution >= 4 is 11.9 Å². The number of carbonyl (C=O) groups excluding carboxylic acids is 2. The molecule has 0 fully saturated rings. The second-order valence-corrected chi connectivity index (χ2v) is 5.30. The van der Waals surface area contributed by atoms with Crippen LogP contribution in [0.1, 0.15) is 21.8 Å². The number of nitrogens with zero attached hydrogens (tertiary/aromatic N) is 1. The van der Waals surface area contributed by atoms with Gasteiger partial charge in [-0.15, -0.1) is 0 Å². The molecule has 8 nitrogen and oxygen atoms in total. The smallest absolute Gasteiger partial charge is 0.338 e. The number of hydrogen-bond acceptors (Lipinski definition) is 8. The summed E-state index contributed by atoms with van der Waals surface area (Å²) < 4.78 is 20.0. The highest BCUT2D eigenvalue weighted by molar-refractivity contribution is 5.93. The third kappa shape index (κ3) is 3.53. The lowest BCUT2D eigenvalue weighted by molar-refractivity contribution is -0.136. The van der Waals surface area contributed by atoms with Crippen molar-refractivity contribution in [2.75, 3.05) is 27.9 Å². The average Bonchev–Trinajstić information content (AvgIpc) is 2.66. The van der Waals surface area contributed by atoms with Gasteiger partial charge in [0, 0.05) is 7.11 Å². The molecule has 0 saturated carbocycles. The molecule has 2 rings (SSSR count). The van der Waals surface area contributed by atoms with Crippen molar-refractivity contribution in [1.82, 2.24) is 0 Å². The van der Waals surface area contributed by atoms with Gasteiger partial charge in [-0.1, -0.05) is 12.1 Å². The minimum absolute atomic E-state index is 0.0272. The minimum Gasteiger partial charge on any atom is -0.466 e.